The van der Waals surface area contributed by atoms with Gasteiger partial charge >= 0.3 is 0 Å². The van der Waals surface area contributed by atoms with Gasteiger partial charge in [-0.15, -0.1) is 0 Å². The molecule has 1 N–H and O–H groups in total. The summed E-state index contributed by atoms with van der Waals surface area (Å²) in [5.41, 5.74) is 0.547. The van der Waals surface area contributed by atoms with E-state index in [2.05, 4.69) is 16.4 Å². The fraction of sp³-hybridized carbons (Fsp3) is 0.500. The average molecular weight is 233 g/mol. The fourth-order valence-corrected chi connectivity index (χ4v) is 1.75. The van der Waals surface area contributed by atoms with E-state index in [1.807, 2.05) is 6.92 Å². The van der Waals surface area contributed by atoms with Crippen molar-refractivity contribution in [1.29, 1.82) is 5.26 Å². The van der Waals surface area contributed by atoms with E-state index in [9.17, 15) is 0 Å². The zero-order valence-electron chi connectivity index (χ0n) is 9.77. The van der Waals surface area contributed by atoms with Crippen molar-refractivity contribution in [1.82, 2.24) is 4.98 Å². The summed E-state index contributed by atoms with van der Waals surface area (Å²) in [7, 11) is 0. The summed E-state index contributed by atoms with van der Waals surface area (Å²) in [6.07, 6.45) is 2.38. The zero-order valence-corrected chi connectivity index (χ0v) is 9.77. The minimum absolute atomic E-state index is 0.505. The van der Waals surface area contributed by atoms with Crippen LogP contribution in [0, 0.1) is 11.3 Å². The van der Waals surface area contributed by atoms with Crippen molar-refractivity contribution in [3.8, 4) is 6.07 Å². The standard InChI is InChI=1S/C12H15N3O2/c1-12(16-7-8-17-12)4-6-15-11-10(9-13)3-2-5-14-11/h2-3,5H,4,6-8H2,1H3,(H,14,15). The number of hydrogen-bond donors (Lipinski definition) is 1. The highest BCUT2D eigenvalue weighted by Gasteiger charge is 2.30. The van der Waals surface area contributed by atoms with E-state index in [0.29, 0.717) is 37.6 Å². The molecule has 2 heterocycles. The van der Waals surface area contributed by atoms with Crippen LogP contribution >= 0.6 is 0 Å². The SMILES string of the molecule is CC1(CCNc2ncccc2C#N)OCCO1. The van der Waals surface area contributed by atoms with Crippen LogP contribution in [0.1, 0.15) is 18.9 Å². The summed E-state index contributed by atoms with van der Waals surface area (Å²) in [4.78, 5) is 4.12. The number of nitrogens with zero attached hydrogens (tertiary/aromatic N) is 2. The first-order valence-corrected chi connectivity index (χ1v) is 5.60. The van der Waals surface area contributed by atoms with Gasteiger partial charge in [-0.25, -0.2) is 4.98 Å². The molecule has 1 aromatic rings. The quantitative estimate of drug-likeness (QED) is 0.854. The number of aromatic nitrogens is 1. The van der Waals surface area contributed by atoms with Crippen molar-refractivity contribution in [3.05, 3.63) is 23.9 Å². The van der Waals surface area contributed by atoms with Crippen molar-refractivity contribution < 1.29 is 9.47 Å². The lowest BCUT2D eigenvalue weighted by atomic mass is 10.2. The molecule has 0 saturated carbocycles. The molecule has 1 aliphatic heterocycles. The Labute approximate surface area is 100 Å². The lowest BCUT2D eigenvalue weighted by molar-refractivity contribution is -0.144. The summed E-state index contributed by atoms with van der Waals surface area (Å²) in [5, 5.41) is 12.0. The minimum Gasteiger partial charge on any atom is -0.369 e. The van der Waals surface area contributed by atoms with Crippen molar-refractivity contribution in [2.45, 2.75) is 19.1 Å². The Balaban J connectivity index is 1.88. The van der Waals surface area contributed by atoms with Crippen molar-refractivity contribution in [2.24, 2.45) is 0 Å². The number of ether oxygens (including phenoxy) is 2. The third-order valence-corrected chi connectivity index (χ3v) is 2.70. The first-order valence-electron chi connectivity index (χ1n) is 5.60. The maximum absolute atomic E-state index is 8.90. The van der Waals surface area contributed by atoms with Gasteiger partial charge in [0.15, 0.2) is 5.79 Å². The summed E-state index contributed by atoms with van der Waals surface area (Å²) in [6.45, 7) is 3.86. The number of hydrogen-bond acceptors (Lipinski definition) is 5. The molecule has 17 heavy (non-hydrogen) atoms. The van der Waals surface area contributed by atoms with Crippen LogP contribution in [0.5, 0.6) is 0 Å². The second kappa shape index (κ2) is 5.13. The average Bonchev–Trinajstić information content (AvgIpc) is 2.77. The zero-order chi connectivity index (χ0) is 12.1. The van der Waals surface area contributed by atoms with Crippen LogP contribution in [0.25, 0.3) is 0 Å². The molecule has 0 bridgehead atoms. The number of nitriles is 1. The summed E-state index contributed by atoms with van der Waals surface area (Å²) >= 11 is 0. The Morgan fingerprint density at radius 2 is 2.29 bits per heavy atom. The molecule has 5 nitrogen and oxygen atoms in total. The highest BCUT2D eigenvalue weighted by Crippen LogP contribution is 2.22. The van der Waals surface area contributed by atoms with Gasteiger partial charge in [-0.3, -0.25) is 0 Å². The summed E-state index contributed by atoms with van der Waals surface area (Å²) < 4.78 is 11.0. The number of anilines is 1. The molecule has 90 valence electrons. The van der Waals surface area contributed by atoms with Crippen LogP contribution in [0.15, 0.2) is 18.3 Å². The van der Waals surface area contributed by atoms with E-state index < -0.39 is 5.79 Å². The second-order valence-electron chi connectivity index (χ2n) is 4.02. The molecule has 0 aliphatic carbocycles. The minimum atomic E-state index is -0.505. The topological polar surface area (TPSA) is 67.2 Å². The normalized spacial score (nSPS) is 17.6. The van der Waals surface area contributed by atoms with Crippen LogP contribution in [0.2, 0.25) is 0 Å². The lowest BCUT2D eigenvalue weighted by Gasteiger charge is -2.22. The highest BCUT2D eigenvalue weighted by atomic mass is 16.7. The predicted octanol–water partition coefficient (Wildman–Crippen LogP) is 1.52. The third-order valence-electron chi connectivity index (χ3n) is 2.70. The van der Waals surface area contributed by atoms with Crippen molar-refractivity contribution in [2.75, 3.05) is 25.1 Å². The molecule has 0 spiro atoms. The molecule has 1 aliphatic rings. The molecule has 0 radical (unpaired) electrons. The monoisotopic (exact) mass is 233 g/mol. The molecule has 0 atom stereocenters. The molecule has 2 rings (SSSR count). The van der Waals surface area contributed by atoms with E-state index in [1.54, 1.807) is 18.3 Å². The van der Waals surface area contributed by atoms with Gasteiger partial charge in [0.1, 0.15) is 11.9 Å². The third kappa shape index (κ3) is 2.93. The van der Waals surface area contributed by atoms with Gasteiger partial charge in [-0.2, -0.15) is 5.26 Å². The molecule has 0 amide bonds. The lowest BCUT2D eigenvalue weighted by Crippen LogP contribution is -2.28. The molecule has 1 fully saturated rings. The molecular formula is C12H15N3O2. The molecule has 0 aromatic carbocycles. The van der Waals surface area contributed by atoms with E-state index in [1.165, 1.54) is 0 Å². The Morgan fingerprint density at radius 1 is 1.53 bits per heavy atom. The van der Waals surface area contributed by atoms with Gasteiger partial charge in [0.25, 0.3) is 0 Å². The van der Waals surface area contributed by atoms with Gasteiger partial charge in [0.2, 0.25) is 0 Å². The summed E-state index contributed by atoms with van der Waals surface area (Å²) in [6, 6.07) is 5.58. The molecule has 5 heteroatoms. The predicted molar refractivity (Wildman–Crippen MR) is 62.4 cm³/mol. The van der Waals surface area contributed by atoms with E-state index >= 15 is 0 Å². The van der Waals surface area contributed by atoms with Gasteiger partial charge in [0, 0.05) is 19.2 Å². The van der Waals surface area contributed by atoms with Crippen LogP contribution in [0.3, 0.4) is 0 Å². The van der Waals surface area contributed by atoms with Crippen LogP contribution in [-0.2, 0) is 9.47 Å². The van der Waals surface area contributed by atoms with Gasteiger partial charge in [0.05, 0.1) is 18.8 Å². The van der Waals surface area contributed by atoms with Gasteiger partial charge in [-0.05, 0) is 19.1 Å². The number of rotatable bonds is 4. The Bertz CT molecular complexity index is 422. The molecule has 1 aromatic heterocycles. The second-order valence-corrected chi connectivity index (χ2v) is 4.02. The number of nitrogens with one attached hydrogen (secondary N) is 1. The largest absolute Gasteiger partial charge is 0.369 e. The Kier molecular flexibility index (Phi) is 3.57. The number of pyridine rings is 1. The van der Waals surface area contributed by atoms with E-state index in [-0.39, 0.29) is 0 Å². The van der Waals surface area contributed by atoms with Crippen molar-refractivity contribution >= 4 is 5.82 Å². The maximum Gasteiger partial charge on any atom is 0.167 e. The Morgan fingerprint density at radius 3 is 3.00 bits per heavy atom. The smallest absolute Gasteiger partial charge is 0.167 e. The first-order chi connectivity index (χ1) is 8.23. The van der Waals surface area contributed by atoms with Crippen LogP contribution in [0.4, 0.5) is 5.82 Å². The van der Waals surface area contributed by atoms with Gasteiger partial charge < -0.3 is 14.8 Å². The van der Waals surface area contributed by atoms with Crippen LogP contribution < -0.4 is 5.32 Å². The maximum atomic E-state index is 8.90. The van der Waals surface area contributed by atoms with E-state index in [4.69, 9.17) is 14.7 Å². The molecule has 1 saturated heterocycles. The van der Waals surface area contributed by atoms with Crippen LogP contribution in [-0.4, -0.2) is 30.5 Å². The summed E-state index contributed by atoms with van der Waals surface area (Å²) in [5.74, 6) is 0.103. The fourth-order valence-electron chi connectivity index (χ4n) is 1.75. The molecule has 0 unspecified atom stereocenters. The van der Waals surface area contributed by atoms with Crippen molar-refractivity contribution in [3.63, 3.8) is 0 Å². The Hall–Kier alpha value is -1.64. The first kappa shape index (κ1) is 11.8. The molecular weight excluding hydrogens is 218 g/mol. The van der Waals surface area contributed by atoms with E-state index in [0.717, 1.165) is 0 Å². The van der Waals surface area contributed by atoms with Gasteiger partial charge in [-0.1, -0.05) is 0 Å². The highest BCUT2D eigenvalue weighted by molar-refractivity contribution is 5.51.